The zero-order valence-corrected chi connectivity index (χ0v) is 33.9. The Bertz CT molecular complexity index is 1170. The summed E-state index contributed by atoms with van der Waals surface area (Å²) in [4.78, 5) is 46.0. The first-order chi connectivity index (χ1) is 26.7. The van der Waals surface area contributed by atoms with Crippen molar-refractivity contribution in [1.82, 2.24) is 0 Å². The van der Waals surface area contributed by atoms with E-state index in [4.69, 9.17) is 23.6 Å². The number of ether oxygens (including phenoxy) is 2. The lowest BCUT2D eigenvalue weighted by Gasteiger charge is -2.41. The molecule has 1 saturated carbocycles. The molecular formula is C39H69O16P. The Morgan fingerprint density at radius 2 is 1.14 bits per heavy atom. The highest BCUT2D eigenvalue weighted by atomic mass is 31.2. The van der Waals surface area contributed by atoms with Gasteiger partial charge in [-0.25, -0.2) is 9.36 Å². The molecule has 0 spiro atoms. The summed E-state index contributed by atoms with van der Waals surface area (Å²) in [5.74, 6) is -2.41. The van der Waals surface area contributed by atoms with Crippen molar-refractivity contribution in [2.45, 2.75) is 191 Å². The fourth-order valence-corrected chi connectivity index (χ4v) is 7.06. The number of phosphoric ester groups is 1. The summed E-state index contributed by atoms with van der Waals surface area (Å²) < 4.78 is 33.2. The Morgan fingerprint density at radius 1 is 0.661 bits per heavy atom. The normalized spacial score (nSPS) is 23.6. The van der Waals surface area contributed by atoms with Crippen molar-refractivity contribution in [2.75, 3.05) is 13.2 Å². The van der Waals surface area contributed by atoms with Crippen molar-refractivity contribution >= 4 is 25.7 Å². The van der Waals surface area contributed by atoms with Gasteiger partial charge in [-0.3, -0.25) is 18.6 Å². The molecule has 1 aliphatic carbocycles. The summed E-state index contributed by atoms with van der Waals surface area (Å²) in [6, 6.07) is 0. The molecule has 17 heteroatoms. The largest absolute Gasteiger partial charge is 0.478 e. The van der Waals surface area contributed by atoms with Gasteiger partial charge in [0.25, 0.3) is 0 Å². The maximum Gasteiger partial charge on any atom is 0.472 e. The molecule has 0 heterocycles. The Kier molecular flexibility index (Phi) is 28.5. The van der Waals surface area contributed by atoms with E-state index < -0.39 is 87.8 Å². The summed E-state index contributed by atoms with van der Waals surface area (Å²) >= 11 is 0. The van der Waals surface area contributed by atoms with Gasteiger partial charge in [0.2, 0.25) is 0 Å². The molecule has 0 aromatic carbocycles. The minimum absolute atomic E-state index is 0.0326. The van der Waals surface area contributed by atoms with Gasteiger partial charge in [-0.15, -0.1) is 0 Å². The van der Waals surface area contributed by atoms with Crippen molar-refractivity contribution in [3.63, 3.8) is 0 Å². The van der Waals surface area contributed by atoms with E-state index in [-0.39, 0.29) is 12.8 Å². The second-order valence-corrected chi connectivity index (χ2v) is 15.9. The highest BCUT2D eigenvalue weighted by molar-refractivity contribution is 7.47. The van der Waals surface area contributed by atoms with Crippen LogP contribution in [0.1, 0.15) is 142 Å². The second-order valence-electron chi connectivity index (χ2n) is 14.5. The third kappa shape index (κ3) is 24.5. The van der Waals surface area contributed by atoms with Crippen LogP contribution in [0.4, 0.5) is 0 Å². The Labute approximate surface area is 331 Å². The first kappa shape index (κ1) is 51.8. The van der Waals surface area contributed by atoms with Gasteiger partial charge in [0, 0.05) is 18.9 Å². The molecule has 0 amide bonds. The van der Waals surface area contributed by atoms with E-state index in [1.54, 1.807) is 0 Å². The standard InChI is InChI=1S/C39H69O16P/c1-2-3-4-5-6-7-8-9-10-11-12-13-14-17-20-23-32(43)52-27-30(54-33(44)24-21-18-15-16-19-22-29(40)25-26-31(41)42)28-53-56(50,51)55-39-37(48)35(46)34(45)36(47)38(39)49/h9-10,25-26,29-30,34-40,45-49H,2-8,11-24,27-28H2,1H3,(H,41,42)(H,50,51)/b10-9-,26-25+/t29?,30-,34?,35-,36?,37?,38?,39?/m1/s1. The van der Waals surface area contributed by atoms with Crippen LogP contribution in [0.3, 0.4) is 0 Å². The molecule has 0 aromatic rings. The number of phosphoric acid groups is 1. The molecule has 56 heavy (non-hydrogen) atoms. The van der Waals surface area contributed by atoms with Crippen molar-refractivity contribution in [3.05, 3.63) is 24.3 Å². The van der Waals surface area contributed by atoms with E-state index in [9.17, 15) is 54.5 Å². The molecule has 0 aliphatic heterocycles. The second kappa shape index (κ2) is 30.8. The van der Waals surface area contributed by atoms with Gasteiger partial charge in [0.05, 0.1) is 12.7 Å². The maximum absolute atomic E-state index is 12.7. The molecular weight excluding hydrogens is 755 g/mol. The number of aliphatic hydroxyl groups is 6. The molecule has 0 aromatic heterocycles. The number of hydrogen-bond donors (Lipinski definition) is 8. The van der Waals surface area contributed by atoms with Crippen LogP contribution in [0.2, 0.25) is 0 Å². The zero-order valence-electron chi connectivity index (χ0n) is 33.0. The van der Waals surface area contributed by atoms with E-state index in [1.807, 2.05) is 0 Å². The van der Waals surface area contributed by atoms with Crippen LogP contribution in [0.25, 0.3) is 0 Å². The van der Waals surface area contributed by atoms with Crippen LogP contribution >= 0.6 is 7.82 Å². The summed E-state index contributed by atoms with van der Waals surface area (Å²) in [6.45, 7) is 0.909. The van der Waals surface area contributed by atoms with E-state index in [2.05, 4.69) is 19.1 Å². The predicted octanol–water partition coefficient (Wildman–Crippen LogP) is 4.53. The molecule has 9 atom stereocenters. The zero-order chi connectivity index (χ0) is 41.8. The number of hydrogen-bond acceptors (Lipinski definition) is 14. The smallest absolute Gasteiger partial charge is 0.472 e. The van der Waals surface area contributed by atoms with Crippen LogP contribution in [0.15, 0.2) is 24.3 Å². The van der Waals surface area contributed by atoms with Gasteiger partial charge < -0.3 is 50.1 Å². The van der Waals surface area contributed by atoms with Gasteiger partial charge in [-0.2, -0.15) is 0 Å². The average Bonchev–Trinajstić information content (AvgIpc) is 3.16. The number of carboxylic acids is 1. The minimum Gasteiger partial charge on any atom is -0.478 e. The number of carbonyl (C=O) groups excluding carboxylic acids is 2. The van der Waals surface area contributed by atoms with Crippen LogP contribution in [-0.2, 0) is 37.5 Å². The predicted molar refractivity (Wildman–Crippen MR) is 206 cm³/mol. The van der Waals surface area contributed by atoms with Crippen LogP contribution < -0.4 is 0 Å². The molecule has 326 valence electrons. The monoisotopic (exact) mass is 824 g/mol. The minimum atomic E-state index is -5.16. The number of allylic oxidation sites excluding steroid dienone is 2. The van der Waals surface area contributed by atoms with Crippen molar-refractivity contribution in [3.8, 4) is 0 Å². The number of rotatable bonds is 33. The number of carbonyl (C=O) groups is 3. The molecule has 8 N–H and O–H groups in total. The molecule has 1 aliphatic rings. The van der Waals surface area contributed by atoms with E-state index in [1.165, 1.54) is 44.6 Å². The first-order valence-corrected chi connectivity index (χ1v) is 21.8. The first-order valence-electron chi connectivity index (χ1n) is 20.3. The van der Waals surface area contributed by atoms with Crippen molar-refractivity contribution in [2.24, 2.45) is 0 Å². The third-order valence-electron chi connectivity index (χ3n) is 9.46. The quantitative estimate of drug-likeness (QED) is 0.0149. The lowest BCUT2D eigenvalue weighted by Crippen LogP contribution is -2.64. The summed E-state index contributed by atoms with van der Waals surface area (Å²) in [6.07, 6.45) is 10.2. The molecule has 0 radical (unpaired) electrons. The summed E-state index contributed by atoms with van der Waals surface area (Å²) in [5.41, 5.74) is 0. The third-order valence-corrected chi connectivity index (χ3v) is 10.4. The number of carboxylic acid groups (broad SMARTS) is 1. The van der Waals surface area contributed by atoms with E-state index in [0.29, 0.717) is 32.1 Å². The number of aliphatic carboxylic acids is 1. The highest BCUT2D eigenvalue weighted by Gasteiger charge is 2.51. The fraction of sp³-hybridized carbons (Fsp3) is 0.821. The van der Waals surface area contributed by atoms with Crippen LogP contribution in [0, 0.1) is 0 Å². The summed E-state index contributed by atoms with van der Waals surface area (Å²) in [5, 5.41) is 68.3. The molecule has 7 unspecified atom stereocenters. The molecule has 0 saturated heterocycles. The van der Waals surface area contributed by atoms with Gasteiger partial charge in [0.1, 0.15) is 43.2 Å². The van der Waals surface area contributed by atoms with Crippen LogP contribution in [-0.4, -0.2) is 121 Å². The van der Waals surface area contributed by atoms with E-state index >= 15 is 0 Å². The lowest BCUT2D eigenvalue weighted by atomic mass is 9.85. The maximum atomic E-state index is 12.7. The number of esters is 2. The van der Waals surface area contributed by atoms with Gasteiger partial charge in [-0.1, -0.05) is 96.1 Å². The number of aliphatic hydroxyl groups excluding tert-OH is 6. The molecule has 1 rings (SSSR count). The average molecular weight is 825 g/mol. The topological polar surface area (TPSA) is 267 Å². The lowest BCUT2D eigenvalue weighted by molar-refractivity contribution is -0.220. The van der Waals surface area contributed by atoms with Gasteiger partial charge >= 0.3 is 25.7 Å². The molecule has 1 fully saturated rings. The Balaban J connectivity index is 2.53. The Hall–Kier alpha value is -2.24. The highest BCUT2D eigenvalue weighted by Crippen LogP contribution is 2.47. The van der Waals surface area contributed by atoms with Crippen molar-refractivity contribution in [1.29, 1.82) is 0 Å². The summed E-state index contributed by atoms with van der Waals surface area (Å²) in [7, 11) is -5.16. The number of unbranched alkanes of at least 4 members (excludes halogenated alkanes) is 15. The van der Waals surface area contributed by atoms with E-state index in [0.717, 1.165) is 57.4 Å². The SMILES string of the molecule is CCCCCCCC/C=C\CCCCCCCC(=O)OC[C@H](COP(=O)(O)OC1C(O)C(O)C(O)[C@@H](O)C1O)OC(=O)CCCCCCCC(O)/C=C/C(=O)O. The van der Waals surface area contributed by atoms with Crippen LogP contribution in [0.5, 0.6) is 0 Å². The van der Waals surface area contributed by atoms with Gasteiger partial charge in [0.15, 0.2) is 6.10 Å². The van der Waals surface area contributed by atoms with Gasteiger partial charge in [-0.05, 0) is 51.0 Å². The van der Waals surface area contributed by atoms with Crippen molar-refractivity contribution < 1.29 is 78.1 Å². The molecule has 0 bridgehead atoms. The fourth-order valence-electron chi connectivity index (χ4n) is 6.08. The molecule has 16 nitrogen and oxygen atoms in total. The Morgan fingerprint density at radius 3 is 1.70 bits per heavy atom.